The predicted octanol–water partition coefficient (Wildman–Crippen LogP) is -2.87. The third-order valence-electron chi connectivity index (χ3n) is 3.04. The number of rotatable bonds is 12. The molecule has 28 heavy (non-hydrogen) atoms. The Kier molecular flexibility index (Phi) is 19.5. The van der Waals surface area contributed by atoms with Gasteiger partial charge in [0, 0.05) is 0 Å². The van der Waals surface area contributed by atoms with Gasteiger partial charge in [-0.1, -0.05) is 0 Å². The van der Waals surface area contributed by atoms with Crippen LogP contribution in [0.4, 0.5) is 0 Å². The zero-order chi connectivity index (χ0) is 23.1. The summed E-state index contributed by atoms with van der Waals surface area (Å²) < 4.78 is 27.4. The van der Waals surface area contributed by atoms with Crippen molar-refractivity contribution in [3.63, 3.8) is 0 Å². The highest BCUT2D eigenvalue weighted by molar-refractivity contribution is 7.60. The van der Waals surface area contributed by atoms with Crippen LogP contribution in [0.5, 0.6) is 0 Å². The number of hydrogen-bond acceptors (Lipinski definition) is 10. The quantitative estimate of drug-likeness (QED) is 0.121. The Bertz CT molecular complexity index is 404. The molecule has 0 aromatic carbocycles. The zero-order valence-corrected chi connectivity index (χ0v) is 18.3. The summed E-state index contributed by atoms with van der Waals surface area (Å²) in [5.41, 5.74) is -2.32. The molecule has 0 aliphatic heterocycles. The summed E-state index contributed by atoms with van der Waals surface area (Å²) in [5, 5.41) is 54.2. The maximum Gasteiger partial charge on any atom is 0.478 e. The van der Waals surface area contributed by atoms with Gasteiger partial charge in [-0.2, -0.15) is 4.31 Å². The third kappa shape index (κ3) is 16.5. The summed E-state index contributed by atoms with van der Waals surface area (Å²) in [6, 6.07) is 0. The minimum Gasteiger partial charge on any atom is -0.396 e. The Hall–Kier alpha value is 0.700. The van der Waals surface area contributed by atoms with E-state index >= 15 is 0 Å². The van der Waals surface area contributed by atoms with Crippen LogP contribution >= 0.6 is 35.5 Å². The SMILES string of the molecule is O=P(O)(O)OP(=O)(O)O.OCC(CO)(CO)COCC(CO)(CO)CO.PCl. The van der Waals surface area contributed by atoms with Gasteiger partial charge in [0.15, 0.2) is 0 Å². The number of aliphatic hydroxyl groups is 6. The van der Waals surface area contributed by atoms with E-state index in [1.54, 1.807) is 0 Å². The third-order valence-corrected chi connectivity index (χ3v) is 4.74. The number of aliphatic hydroxyl groups excluding tert-OH is 6. The Labute approximate surface area is 168 Å². The van der Waals surface area contributed by atoms with Crippen molar-refractivity contribution in [2.45, 2.75) is 0 Å². The van der Waals surface area contributed by atoms with Crippen molar-refractivity contribution in [1.82, 2.24) is 0 Å². The molecule has 14 nitrogen and oxygen atoms in total. The summed E-state index contributed by atoms with van der Waals surface area (Å²) >= 11 is 4.56. The van der Waals surface area contributed by atoms with Gasteiger partial charge in [-0.3, -0.25) is 0 Å². The van der Waals surface area contributed by atoms with Gasteiger partial charge in [-0.05, 0) is 8.59 Å². The molecular formula is C10H28ClO14P3. The molecule has 1 unspecified atom stereocenters. The van der Waals surface area contributed by atoms with Crippen LogP contribution in [0.15, 0.2) is 0 Å². The summed E-state index contributed by atoms with van der Waals surface area (Å²) in [5.74, 6) is 0. The van der Waals surface area contributed by atoms with Gasteiger partial charge in [0.25, 0.3) is 0 Å². The second-order valence-corrected chi connectivity index (χ2v) is 8.12. The fraction of sp³-hybridized carbons (Fsp3) is 1.00. The highest BCUT2D eigenvalue weighted by atomic mass is 35.7. The van der Waals surface area contributed by atoms with E-state index in [1.165, 1.54) is 0 Å². The Morgan fingerprint density at radius 3 is 0.964 bits per heavy atom. The molecule has 0 rings (SSSR count). The molecule has 0 heterocycles. The first-order chi connectivity index (χ1) is 12.8. The van der Waals surface area contributed by atoms with Crippen LogP contribution in [0, 0.1) is 10.8 Å². The van der Waals surface area contributed by atoms with Crippen LogP contribution in [-0.4, -0.2) is 103 Å². The smallest absolute Gasteiger partial charge is 0.396 e. The standard InChI is InChI=1S/C10H22O7.ClH2P.H4O7P2/c11-1-9(2-12,3-13)7-17-8-10(4-14,5-15)6-16;1-2;1-8(2,3)7-9(4,5)6/h11-16H,1-8H2;2H2;(H2,1,2,3)(H2,4,5,6). The lowest BCUT2D eigenvalue weighted by molar-refractivity contribution is -0.103. The van der Waals surface area contributed by atoms with Gasteiger partial charge in [0.05, 0.1) is 63.7 Å². The van der Waals surface area contributed by atoms with Gasteiger partial charge >= 0.3 is 15.6 Å². The average Bonchev–Trinajstić information content (AvgIpc) is 2.62. The largest absolute Gasteiger partial charge is 0.478 e. The maximum atomic E-state index is 9.63. The zero-order valence-electron chi connectivity index (χ0n) is 14.6. The Morgan fingerprint density at radius 1 is 0.643 bits per heavy atom. The summed E-state index contributed by atoms with van der Waals surface area (Å²) in [6.45, 7) is -3.01. The molecule has 174 valence electrons. The molecule has 0 fully saturated rings. The molecule has 0 aromatic heterocycles. The van der Waals surface area contributed by atoms with Crippen LogP contribution in [0.2, 0.25) is 0 Å². The van der Waals surface area contributed by atoms with Crippen molar-refractivity contribution in [2.75, 3.05) is 52.9 Å². The van der Waals surface area contributed by atoms with Crippen molar-refractivity contribution in [1.29, 1.82) is 0 Å². The number of hydrogen-bond donors (Lipinski definition) is 10. The summed E-state index contributed by atoms with van der Waals surface area (Å²) in [6.07, 6.45) is 0. The number of ether oxygens (including phenoxy) is 1. The van der Waals surface area contributed by atoms with E-state index in [4.69, 9.17) is 54.9 Å². The molecule has 0 saturated carbocycles. The number of halogens is 1. The van der Waals surface area contributed by atoms with Crippen molar-refractivity contribution in [2.24, 2.45) is 10.8 Å². The predicted molar refractivity (Wildman–Crippen MR) is 98.9 cm³/mol. The minimum absolute atomic E-state index is 0.141. The molecule has 1 atom stereocenters. The van der Waals surface area contributed by atoms with Gasteiger partial charge in [-0.25, -0.2) is 9.13 Å². The molecule has 0 bridgehead atoms. The summed E-state index contributed by atoms with van der Waals surface area (Å²) in [4.78, 5) is 31.0. The first-order valence-corrected chi connectivity index (χ1v) is 11.9. The van der Waals surface area contributed by atoms with E-state index in [-0.39, 0.29) is 13.2 Å². The lowest BCUT2D eigenvalue weighted by Crippen LogP contribution is -2.43. The van der Waals surface area contributed by atoms with Gasteiger partial charge in [0.1, 0.15) is 0 Å². The van der Waals surface area contributed by atoms with E-state index in [2.05, 4.69) is 15.6 Å². The van der Waals surface area contributed by atoms with Gasteiger partial charge in [-0.15, -0.1) is 11.2 Å². The lowest BCUT2D eigenvalue weighted by atomic mass is 9.91. The van der Waals surface area contributed by atoms with Crippen molar-refractivity contribution in [3.05, 3.63) is 0 Å². The normalized spacial score (nSPS) is 12.6. The van der Waals surface area contributed by atoms with E-state index < -0.39 is 66.1 Å². The van der Waals surface area contributed by atoms with Crippen LogP contribution in [0.25, 0.3) is 0 Å². The van der Waals surface area contributed by atoms with E-state index in [0.717, 1.165) is 0 Å². The molecule has 0 saturated heterocycles. The van der Waals surface area contributed by atoms with Crippen LogP contribution in [-0.2, 0) is 18.2 Å². The molecule has 0 aromatic rings. The van der Waals surface area contributed by atoms with Crippen molar-refractivity contribution >= 4 is 35.5 Å². The molecule has 0 spiro atoms. The monoisotopic (exact) mass is 500 g/mol. The molecule has 10 N–H and O–H groups in total. The second kappa shape index (κ2) is 16.4. The van der Waals surface area contributed by atoms with Crippen LogP contribution in [0.1, 0.15) is 0 Å². The fourth-order valence-electron chi connectivity index (χ4n) is 1.20. The fourth-order valence-corrected chi connectivity index (χ4v) is 2.30. The second-order valence-electron chi connectivity index (χ2n) is 5.50. The highest BCUT2D eigenvalue weighted by Gasteiger charge is 2.32. The van der Waals surface area contributed by atoms with E-state index in [1.807, 2.05) is 8.59 Å². The molecule has 18 heteroatoms. The molecule has 0 aliphatic rings. The van der Waals surface area contributed by atoms with Gasteiger partial charge < -0.3 is 54.9 Å². The molecule has 0 radical (unpaired) electrons. The topological polar surface area (TPSA) is 255 Å². The maximum absolute atomic E-state index is 9.63. The molecular weight excluding hydrogens is 472 g/mol. The van der Waals surface area contributed by atoms with Gasteiger partial charge in [0.2, 0.25) is 0 Å². The van der Waals surface area contributed by atoms with E-state index in [9.17, 15) is 9.13 Å². The van der Waals surface area contributed by atoms with Crippen LogP contribution < -0.4 is 0 Å². The molecule has 0 amide bonds. The first-order valence-electron chi connectivity index (χ1n) is 7.05. The molecule has 0 aliphatic carbocycles. The number of phosphoric acid groups is 2. The minimum atomic E-state index is -5.05. The highest BCUT2D eigenvalue weighted by Crippen LogP contribution is 2.53. The van der Waals surface area contributed by atoms with E-state index in [0.29, 0.717) is 0 Å². The lowest BCUT2D eigenvalue weighted by Gasteiger charge is -2.31. The first kappa shape index (κ1) is 33.3. The summed E-state index contributed by atoms with van der Waals surface area (Å²) in [7, 11) is -8.21. The average molecular weight is 501 g/mol. The Balaban J connectivity index is -0.000000479. The Morgan fingerprint density at radius 2 is 0.857 bits per heavy atom. The van der Waals surface area contributed by atoms with Crippen molar-refractivity contribution in [3.8, 4) is 0 Å². The van der Waals surface area contributed by atoms with Crippen molar-refractivity contribution < 1.29 is 68.4 Å². The van der Waals surface area contributed by atoms with Crippen LogP contribution in [0.3, 0.4) is 0 Å².